The van der Waals surface area contributed by atoms with Crippen LogP contribution in [-0.4, -0.2) is 29.3 Å². The summed E-state index contributed by atoms with van der Waals surface area (Å²) in [6.07, 6.45) is 0.223. The lowest BCUT2D eigenvalue weighted by Gasteiger charge is -2.14. The van der Waals surface area contributed by atoms with Crippen LogP contribution in [0.1, 0.15) is 76.1 Å². The van der Waals surface area contributed by atoms with Gasteiger partial charge in [0.05, 0.1) is 18.8 Å². The molecule has 0 amide bonds. The SMILES string of the molecule is CCCOc1ccc(C(=O)OC(C)c2nc(C(C)(C)C)no2)cc1OCC. The molecule has 0 saturated carbocycles. The summed E-state index contributed by atoms with van der Waals surface area (Å²) >= 11 is 0. The van der Waals surface area contributed by atoms with E-state index in [1.807, 2.05) is 34.6 Å². The summed E-state index contributed by atoms with van der Waals surface area (Å²) in [5.41, 5.74) is 0.122. The summed E-state index contributed by atoms with van der Waals surface area (Å²) in [5, 5.41) is 3.95. The van der Waals surface area contributed by atoms with E-state index in [0.29, 0.717) is 36.1 Å². The lowest BCUT2D eigenvalue weighted by Crippen LogP contribution is -2.14. The van der Waals surface area contributed by atoms with E-state index < -0.39 is 12.1 Å². The number of aromatic nitrogens is 2. The molecule has 1 unspecified atom stereocenters. The lowest BCUT2D eigenvalue weighted by molar-refractivity contribution is 0.0265. The standard InChI is InChI=1S/C20H28N2O5/c1-7-11-25-15-10-9-14(12-16(15)24-8-2)18(23)26-13(3)17-21-19(22-27-17)20(4,5)6/h9-10,12-13H,7-8,11H2,1-6H3. The number of esters is 1. The van der Waals surface area contributed by atoms with Crippen LogP contribution in [0, 0.1) is 0 Å². The van der Waals surface area contributed by atoms with Gasteiger partial charge in [-0.25, -0.2) is 4.79 Å². The molecule has 27 heavy (non-hydrogen) atoms. The first kappa shape index (κ1) is 20.7. The summed E-state index contributed by atoms with van der Waals surface area (Å²) in [5.74, 6) is 1.45. The quantitative estimate of drug-likeness (QED) is 0.628. The van der Waals surface area contributed by atoms with Crippen LogP contribution in [0.5, 0.6) is 11.5 Å². The molecule has 7 nitrogen and oxygen atoms in total. The van der Waals surface area contributed by atoms with Crippen molar-refractivity contribution in [1.82, 2.24) is 10.1 Å². The normalized spacial score (nSPS) is 12.5. The van der Waals surface area contributed by atoms with Crippen LogP contribution in [0.15, 0.2) is 22.7 Å². The van der Waals surface area contributed by atoms with Crippen LogP contribution in [0.2, 0.25) is 0 Å². The Morgan fingerprint density at radius 3 is 2.52 bits per heavy atom. The van der Waals surface area contributed by atoms with Crippen molar-refractivity contribution in [3.05, 3.63) is 35.5 Å². The number of hydrogen-bond acceptors (Lipinski definition) is 7. The van der Waals surface area contributed by atoms with Gasteiger partial charge >= 0.3 is 5.97 Å². The van der Waals surface area contributed by atoms with Gasteiger partial charge in [0.15, 0.2) is 23.4 Å². The first-order valence-electron chi connectivity index (χ1n) is 9.21. The molecule has 2 aromatic rings. The second-order valence-electron chi connectivity index (χ2n) is 7.20. The number of benzene rings is 1. The van der Waals surface area contributed by atoms with Crippen molar-refractivity contribution in [3.8, 4) is 11.5 Å². The van der Waals surface area contributed by atoms with Gasteiger partial charge in [-0.3, -0.25) is 0 Å². The molecular weight excluding hydrogens is 348 g/mol. The summed E-state index contributed by atoms with van der Waals surface area (Å²) in [6.45, 7) is 12.6. The maximum absolute atomic E-state index is 12.5. The molecule has 148 valence electrons. The molecule has 1 heterocycles. The Labute approximate surface area is 160 Å². The highest BCUT2D eigenvalue weighted by molar-refractivity contribution is 5.90. The average Bonchev–Trinajstić information content (AvgIpc) is 3.11. The van der Waals surface area contributed by atoms with Crippen LogP contribution in [0.4, 0.5) is 0 Å². The van der Waals surface area contributed by atoms with Crippen molar-refractivity contribution in [1.29, 1.82) is 0 Å². The summed E-state index contributed by atoms with van der Waals surface area (Å²) in [6, 6.07) is 4.99. The summed E-state index contributed by atoms with van der Waals surface area (Å²) in [4.78, 5) is 16.8. The van der Waals surface area contributed by atoms with Crippen molar-refractivity contribution >= 4 is 5.97 Å². The van der Waals surface area contributed by atoms with E-state index in [-0.39, 0.29) is 11.3 Å². The molecule has 1 aromatic carbocycles. The van der Waals surface area contributed by atoms with Gasteiger partial charge in [-0.2, -0.15) is 4.98 Å². The smallest absolute Gasteiger partial charge is 0.339 e. The molecule has 2 rings (SSSR count). The molecule has 0 fully saturated rings. The number of carbonyl (C=O) groups excluding carboxylic acids is 1. The van der Waals surface area contributed by atoms with Crippen molar-refractivity contribution in [2.45, 2.75) is 59.5 Å². The molecule has 7 heteroatoms. The monoisotopic (exact) mass is 376 g/mol. The van der Waals surface area contributed by atoms with Crippen LogP contribution >= 0.6 is 0 Å². The minimum atomic E-state index is -0.660. The first-order valence-corrected chi connectivity index (χ1v) is 9.21. The molecule has 0 N–H and O–H groups in total. The molecule has 1 atom stereocenters. The lowest BCUT2D eigenvalue weighted by atomic mass is 9.96. The minimum absolute atomic E-state index is 0.244. The number of carbonyl (C=O) groups is 1. The zero-order chi connectivity index (χ0) is 20.0. The zero-order valence-corrected chi connectivity index (χ0v) is 16.9. The highest BCUT2D eigenvalue weighted by Gasteiger charge is 2.25. The third kappa shape index (κ3) is 5.45. The molecule has 0 radical (unpaired) electrons. The maximum Gasteiger partial charge on any atom is 0.339 e. The van der Waals surface area contributed by atoms with Crippen molar-refractivity contribution < 1.29 is 23.5 Å². The number of rotatable bonds is 8. The predicted octanol–water partition coefficient (Wildman–Crippen LogP) is 4.47. The van der Waals surface area contributed by atoms with Gasteiger partial charge < -0.3 is 18.7 Å². The molecule has 0 spiro atoms. The Balaban J connectivity index is 2.12. The largest absolute Gasteiger partial charge is 0.490 e. The fourth-order valence-corrected chi connectivity index (χ4v) is 2.22. The van der Waals surface area contributed by atoms with Gasteiger partial charge in [-0.1, -0.05) is 32.9 Å². The fourth-order valence-electron chi connectivity index (χ4n) is 2.22. The van der Waals surface area contributed by atoms with Gasteiger partial charge in [-0.05, 0) is 38.5 Å². The highest BCUT2D eigenvalue weighted by Crippen LogP contribution is 2.30. The fraction of sp³-hybridized carbons (Fsp3) is 0.550. The molecule has 0 aliphatic rings. The summed E-state index contributed by atoms with van der Waals surface area (Å²) < 4.78 is 21.9. The van der Waals surface area contributed by atoms with Crippen LogP contribution in [0.3, 0.4) is 0 Å². The second kappa shape index (κ2) is 8.88. The van der Waals surface area contributed by atoms with Gasteiger partial charge in [0.25, 0.3) is 5.89 Å². The molecule has 0 aliphatic heterocycles. The van der Waals surface area contributed by atoms with E-state index in [4.69, 9.17) is 18.7 Å². The van der Waals surface area contributed by atoms with E-state index in [1.165, 1.54) is 0 Å². The summed E-state index contributed by atoms with van der Waals surface area (Å²) in [7, 11) is 0. The highest BCUT2D eigenvalue weighted by atomic mass is 16.6. The topological polar surface area (TPSA) is 83.7 Å². The molecule has 1 aromatic heterocycles. The van der Waals surface area contributed by atoms with Gasteiger partial charge in [0.1, 0.15) is 0 Å². The van der Waals surface area contributed by atoms with Gasteiger partial charge in [0, 0.05) is 5.41 Å². The third-order valence-corrected chi connectivity index (χ3v) is 3.69. The Morgan fingerprint density at radius 1 is 1.19 bits per heavy atom. The number of hydrogen-bond donors (Lipinski definition) is 0. The van der Waals surface area contributed by atoms with Crippen LogP contribution in [-0.2, 0) is 10.2 Å². The zero-order valence-electron chi connectivity index (χ0n) is 16.9. The Bertz CT molecular complexity index is 764. The van der Waals surface area contributed by atoms with E-state index in [2.05, 4.69) is 10.1 Å². The van der Waals surface area contributed by atoms with E-state index >= 15 is 0 Å². The maximum atomic E-state index is 12.5. The first-order chi connectivity index (χ1) is 12.8. The molecule has 0 bridgehead atoms. The minimum Gasteiger partial charge on any atom is -0.490 e. The molecule has 0 saturated heterocycles. The number of ether oxygens (including phenoxy) is 3. The van der Waals surface area contributed by atoms with Crippen molar-refractivity contribution in [2.24, 2.45) is 0 Å². The number of nitrogens with zero attached hydrogens (tertiary/aromatic N) is 2. The van der Waals surface area contributed by atoms with E-state index in [0.717, 1.165) is 6.42 Å². The van der Waals surface area contributed by atoms with Gasteiger partial charge in [0.2, 0.25) is 0 Å². The van der Waals surface area contributed by atoms with Crippen molar-refractivity contribution in [3.63, 3.8) is 0 Å². The molecular formula is C20H28N2O5. The second-order valence-corrected chi connectivity index (χ2v) is 7.20. The Hall–Kier alpha value is -2.57. The predicted molar refractivity (Wildman–Crippen MR) is 100 cm³/mol. The van der Waals surface area contributed by atoms with Crippen LogP contribution in [0.25, 0.3) is 0 Å². The van der Waals surface area contributed by atoms with E-state index in [9.17, 15) is 4.79 Å². The third-order valence-electron chi connectivity index (χ3n) is 3.69. The Morgan fingerprint density at radius 2 is 1.93 bits per heavy atom. The van der Waals surface area contributed by atoms with E-state index in [1.54, 1.807) is 25.1 Å². The Kier molecular flexibility index (Phi) is 6.82. The van der Waals surface area contributed by atoms with Crippen molar-refractivity contribution in [2.75, 3.05) is 13.2 Å². The van der Waals surface area contributed by atoms with Crippen LogP contribution < -0.4 is 9.47 Å². The van der Waals surface area contributed by atoms with Gasteiger partial charge in [-0.15, -0.1) is 0 Å². The molecule has 0 aliphatic carbocycles. The average molecular weight is 376 g/mol.